The van der Waals surface area contributed by atoms with Crippen molar-refractivity contribution < 1.29 is 4.79 Å². The van der Waals surface area contributed by atoms with Crippen LogP contribution in [0.2, 0.25) is 0 Å². The zero-order valence-corrected chi connectivity index (χ0v) is 20.2. The largest absolute Gasteiger partial charge is 0.329 e. The zero-order chi connectivity index (χ0) is 22.9. The minimum Gasteiger partial charge on any atom is -0.329 e. The van der Waals surface area contributed by atoms with Crippen molar-refractivity contribution in [2.24, 2.45) is 0 Å². The van der Waals surface area contributed by atoms with Gasteiger partial charge in [-0.2, -0.15) is 10.1 Å². The molecule has 1 atom stereocenters. The SMILES string of the molecule is CCN(C(=O)[C@H]1CCCN1c1nc2c(c(Nc3cc(C(C)C)[nH]n3)n1)CCC2)c1nccs1. The second-order valence-corrected chi connectivity index (χ2v) is 9.76. The van der Waals surface area contributed by atoms with Crippen LogP contribution in [0.15, 0.2) is 17.6 Å². The Morgan fingerprint density at radius 1 is 1.33 bits per heavy atom. The second-order valence-electron chi connectivity index (χ2n) is 8.89. The van der Waals surface area contributed by atoms with Crippen LogP contribution in [0.1, 0.15) is 62.9 Å². The molecule has 1 aliphatic heterocycles. The molecular weight excluding hydrogens is 436 g/mol. The minimum absolute atomic E-state index is 0.0671. The third-order valence-electron chi connectivity index (χ3n) is 6.41. The molecular formula is C23H30N8OS. The molecule has 2 N–H and O–H groups in total. The molecule has 0 bridgehead atoms. The molecule has 0 spiro atoms. The first-order valence-corrected chi connectivity index (χ1v) is 12.6. The number of thiazole rings is 1. The Hall–Kier alpha value is -3.01. The van der Waals surface area contributed by atoms with Gasteiger partial charge < -0.3 is 10.2 Å². The summed E-state index contributed by atoms with van der Waals surface area (Å²) < 4.78 is 0. The number of nitrogens with one attached hydrogen (secondary N) is 2. The van der Waals surface area contributed by atoms with Crippen LogP contribution < -0.4 is 15.1 Å². The van der Waals surface area contributed by atoms with Gasteiger partial charge in [-0.15, -0.1) is 11.3 Å². The van der Waals surface area contributed by atoms with Crippen LogP contribution in [-0.2, 0) is 17.6 Å². The fourth-order valence-corrected chi connectivity index (χ4v) is 5.36. The lowest BCUT2D eigenvalue weighted by Gasteiger charge is -2.29. The summed E-state index contributed by atoms with van der Waals surface area (Å²) in [6, 6.07) is 1.75. The number of hydrogen-bond acceptors (Lipinski definition) is 8. The van der Waals surface area contributed by atoms with Gasteiger partial charge in [0.2, 0.25) is 5.95 Å². The smallest absolute Gasteiger partial charge is 0.251 e. The standard InChI is InChI=1S/C23H30N8OS/c1-4-30(23-24-10-12-33-23)21(32)18-9-6-11-31(18)22-25-16-8-5-7-15(16)20(27-22)26-19-13-17(14(2)3)28-29-19/h10,12-14,18H,4-9,11H2,1-3H3,(H2,25,26,27,28,29)/t18-/m1/s1. The van der Waals surface area contributed by atoms with E-state index < -0.39 is 0 Å². The predicted molar refractivity (Wildman–Crippen MR) is 131 cm³/mol. The molecule has 0 unspecified atom stereocenters. The van der Waals surface area contributed by atoms with Crippen LogP contribution in [0.5, 0.6) is 0 Å². The molecule has 5 rings (SSSR count). The Morgan fingerprint density at radius 2 is 2.21 bits per heavy atom. The molecule has 3 aromatic heterocycles. The van der Waals surface area contributed by atoms with Gasteiger partial charge >= 0.3 is 0 Å². The molecule has 10 heteroatoms. The number of amides is 1. The number of carbonyl (C=O) groups is 1. The van der Waals surface area contributed by atoms with Gasteiger partial charge in [-0.05, 0) is 44.9 Å². The van der Waals surface area contributed by atoms with Crippen LogP contribution >= 0.6 is 11.3 Å². The van der Waals surface area contributed by atoms with E-state index in [4.69, 9.17) is 9.97 Å². The topological polar surface area (TPSA) is 103 Å². The highest BCUT2D eigenvalue weighted by molar-refractivity contribution is 7.13. The first-order valence-electron chi connectivity index (χ1n) is 11.7. The summed E-state index contributed by atoms with van der Waals surface area (Å²) >= 11 is 1.49. The van der Waals surface area contributed by atoms with Crippen molar-refractivity contribution in [3.05, 3.63) is 34.6 Å². The summed E-state index contributed by atoms with van der Waals surface area (Å²) in [5.74, 6) is 2.63. The van der Waals surface area contributed by atoms with E-state index in [1.165, 1.54) is 11.3 Å². The highest BCUT2D eigenvalue weighted by Crippen LogP contribution is 2.33. The number of nitrogens with zero attached hydrogens (tertiary/aromatic N) is 6. The summed E-state index contributed by atoms with van der Waals surface area (Å²) in [4.78, 5) is 31.5. The number of fused-ring (bicyclic) bond motifs is 1. The third-order valence-corrected chi connectivity index (χ3v) is 7.21. The Kier molecular flexibility index (Phi) is 6.01. The lowest BCUT2D eigenvalue weighted by molar-refractivity contribution is -0.119. The highest BCUT2D eigenvalue weighted by atomic mass is 32.1. The maximum atomic E-state index is 13.5. The summed E-state index contributed by atoms with van der Waals surface area (Å²) in [6.45, 7) is 7.61. The molecule has 3 aromatic rings. The fraction of sp³-hybridized carbons (Fsp3) is 0.522. The van der Waals surface area contributed by atoms with Crippen molar-refractivity contribution in [1.29, 1.82) is 0 Å². The average Bonchev–Trinajstić information content (AvgIpc) is 3.61. The lowest BCUT2D eigenvalue weighted by Crippen LogP contribution is -2.46. The number of H-pyrrole nitrogens is 1. The van der Waals surface area contributed by atoms with Gasteiger partial charge in [0.15, 0.2) is 10.9 Å². The van der Waals surface area contributed by atoms with Crippen LogP contribution in [0, 0.1) is 0 Å². The van der Waals surface area contributed by atoms with Crippen molar-refractivity contribution in [3.8, 4) is 0 Å². The molecule has 0 radical (unpaired) electrons. The number of carbonyl (C=O) groups excluding carboxylic acids is 1. The monoisotopic (exact) mass is 466 g/mol. The zero-order valence-electron chi connectivity index (χ0n) is 19.3. The summed E-state index contributed by atoms with van der Waals surface area (Å²) in [6.07, 6.45) is 6.42. The average molecular weight is 467 g/mol. The van der Waals surface area contributed by atoms with Gasteiger partial charge in [0.1, 0.15) is 11.9 Å². The Bertz CT molecular complexity index is 1130. The number of hydrogen-bond donors (Lipinski definition) is 2. The van der Waals surface area contributed by atoms with Crippen molar-refractivity contribution in [2.75, 3.05) is 28.2 Å². The van der Waals surface area contributed by atoms with E-state index in [9.17, 15) is 4.79 Å². The minimum atomic E-state index is -0.279. The quantitative estimate of drug-likeness (QED) is 0.542. The molecule has 2 aliphatic rings. The van der Waals surface area contributed by atoms with E-state index in [1.54, 1.807) is 11.1 Å². The number of anilines is 4. The fourth-order valence-electron chi connectivity index (χ4n) is 4.65. The molecule has 174 valence electrons. The van der Waals surface area contributed by atoms with E-state index in [0.29, 0.717) is 18.4 Å². The van der Waals surface area contributed by atoms with Gasteiger partial charge in [-0.1, -0.05) is 13.8 Å². The Labute approximate surface area is 197 Å². The first kappa shape index (κ1) is 21.8. The highest BCUT2D eigenvalue weighted by Gasteiger charge is 2.37. The molecule has 1 saturated heterocycles. The van der Waals surface area contributed by atoms with E-state index in [1.807, 2.05) is 18.4 Å². The van der Waals surface area contributed by atoms with E-state index in [-0.39, 0.29) is 11.9 Å². The van der Waals surface area contributed by atoms with Crippen LogP contribution in [0.3, 0.4) is 0 Å². The van der Waals surface area contributed by atoms with Crippen LogP contribution in [0.4, 0.5) is 22.7 Å². The van der Waals surface area contributed by atoms with Crippen molar-refractivity contribution >= 4 is 40.0 Å². The van der Waals surface area contributed by atoms with Crippen molar-refractivity contribution in [2.45, 2.75) is 64.8 Å². The maximum absolute atomic E-state index is 13.5. The van der Waals surface area contributed by atoms with Gasteiger partial charge in [0, 0.05) is 42.0 Å². The van der Waals surface area contributed by atoms with Crippen molar-refractivity contribution in [1.82, 2.24) is 25.1 Å². The summed E-state index contributed by atoms with van der Waals surface area (Å²) in [7, 11) is 0. The Morgan fingerprint density at radius 3 is 2.94 bits per heavy atom. The molecule has 33 heavy (non-hydrogen) atoms. The number of aromatic amines is 1. The maximum Gasteiger partial charge on any atom is 0.251 e. The van der Waals surface area contributed by atoms with Crippen molar-refractivity contribution in [3.63, 3.8) is 0 Å². The molecule has 1 aliphatic carbocycles. The number of aryl methyl sites for hydroxylation is 1. The van der Waals surface area contributed by atoms with E-state index >= 15 is 0 Å². The van der Waals surface area contributed by atoms with Crippen LogP contribution in [-0.4, -0.2) is 50.2 Å². The first-order chi connectivity index (χ1) is 16.0. The second kappa shape index (κ2) is 9.09. The molecule has 0 saturated carbocycles. The molecule has 0 aromatic carbocycles. The molecule has 4 heterocycles. The van der Waals surface area contributed by atoms with Gasteiger partial charge in [0.25, 0.3) is 5.91 Å². The van der Waals surface area contributed by atoms with Gasteiger partial charge in [-0.3, -0.25) is 14.8 Å². The van der Waals surface area contributed by atoms with Gasteiger partial charge in [-0.25, -0.2) is 9.97 Å². The Balaban J connectivity index is 1.44. The van der Waals surface area contributed by atoms with E-state index in [0.717, 1.165) is 72.4 Å². The summed E-state index contributed by atoms with van der Waals surface area (Å²) in [5.41, 5.74) is 3.32. The normalized spacial score (nSPS) is 17.6. The number of rotatable bonds is 7. The molecule has 9 nitrogen and oxygen atoms in total. The van der Waals surface area contributed by atoms with Gasteiger partial charge in [0.05, 0.1) is 5.69 Å². The third kappa shape index (κ3) is 4.19. The summed E-state index contributed by atoms with van der Waals surface area (Å²) in [5, 5.41) is 13.6. The van der Waals surface area contributed by atoms with Crippen LogP contribution in [0.25, 0.3) is 0 Å². The number of likely N-dealkylation sites (N-methyl/N-ethyl adjacent to an activating group) is 1. The molecule has 1 amide bonds. The predicted octanol–water partition coefficient (Wildman–Crippen LogP) is 4.03. The number of aromatic nitrogens is 5. The van der Waals surface area contributed by atoms with E-state index in [2.05, 4.69) is 39.2 Å². The molecule has 1 fully saturated rings. The lowest BCUT2D eigenvalue weighted by atomic mass is 10.1.